The molecular weight excluding hydrogens is 1010 g/mol. The van der Waals surface area contributed by atoms with E-state index in [9.17, 15) is 63.6 Å². The molecule has 408 valence electrons. The Bertz CT molecular complexity index is 2420. The molecule has 3 aromatic rings. The predicted octanol–water partition coefficient (Wildman–Crippen LogP) is -2.08. The van der Waals surface area contributed by atoms with E-state index in [1.807, 2.05) is 0 Å². The van der Waals surface area contributed by atoms with Crippen molar-refractivity contribution in [2.24, 2.45) is 11.5 Å². The fourth-order valence-electron chi connectivity index (χ4n) is 7.98. The number of rotatable bonds is 29. The lowest BCUT2D eigenvalue weighted by Gasteiger charge is -2.29. The van der Waals surface area contributed by atoms with Gasteiger partial charge in [-0.3, -0.25) is 38.4 Å². The molecule has 1 saturated heterocycles. The molecule has 4 rings (SSSR count). The molecule has 25 heteroatoms. The van der Waals surface area contributed by atoms with Crippen LogP contribution in [0.25, 0.3) is 0 Å². The summed E-state index contributed by atoms with van der Waals surface area (Å²) < 4.78 is 0. The van der Waals surface area contributed by atoms with Gasteiger partial charge < -0.3 is 74.0 Å². The number of aliphatic carboxylic acids is 1. The van der Waals surface area contributed by atoms with E-state index in [0.29, 0.717) is 42.4 Å². The smallest absolute Gasteiger partial charge is 0.327 e. The van der Waals surface area contributed by atoms with E-state index in [2.05, 4.69) is 62.5 Å². The van der Waals surface area contributed by atoms with Crippen molar-refractivity contribution in [3.63, 3.8) is 0 Å². The molecule has 0 unspecified atom stereocenters. The third-order valence-electron chi connectivity index (χ3n) is 12.2. The Morgan fingerprint density at radius 3 is 1.53 bits per heavy atom. The molecule has 1 fully saturated rings. The summed E-state index contributed by atoms with van der Waals surface area (Å²) in [6, 6.07) is 8.14. The highest BCUT2D eigenvalue weighted by molar-refractivity contribution is 7.80. The van der Waals surface area contributed by atoms with Gasteiger partial charge in [-0.2, -0.15) is 25.3 Å². The minimum atomic E-state index is -1.70. The quantitative estimate of drug-likeness (QED) is 0.0262. The Morgan fingerprint density at radius 1 is 0.600 bits per heavy atom. The monoisotopic (exact) mass is 1080 g/mol. The number of likely N-dealkylation sites (tertiary alicyclic amines) is 1. The SMILES string of the molecule is C[C@H](NC(=O)[C@H](CCCCN)NC(=O)[C@H](Cc1ccc(O)cc1)NC(=O)[C@@H]1CCCN1C(=O)[C@@H](N)CS)C(=O)N[C@@H](CO)C(=O)N[C@@H](Cc1ccccc1)C(=O)N[C@@H](Cc1ccc(O)cc1)C(=O)N[C@@H](CS)C(=O)O. The first-order chi connectivity index (χ1) is 35.8. The number of aliphatic hydroxyl groups excluding tert-OH is 1. The summed E-state index contributed by atoms with van der Waals surface area (Å²) in [5, 5.41) is 57.4. The highest BCUT2D eigenvalue weighted by Gasteiger charge is 2.38. The molecule has 1 aliphatic rings. The lowest BCUT2D eigenvalue weighted by atomic mass is 10.0. The zero-order valence-electron chi connectivity index (χ0n) is 41.4. The van der Waals surface area contributed by atoms with Gasteiger partial charge >= 0.3 is 5.97 Å². The van der Waals surface area contributed by atoms with Crippen LogP contribution < -0.4 is 48.7 Å². The molecule has 3 aromatic carbocycles. The number of phenols is 2. The summed E-state index contributed by atoms with van der Waals surface area (Å²) in [5.74, 6) is -8.23. The first-order valence-electron chi connectivity index (χ1n) is 24.3. The number of aromatic hydroxyl groups is 2. The van der Waals surface area contributed by atoms with Crippen molar-refractivity contribution in [1.29, 1.82) is 0 Å². The Labute approximate surface area is 444 Å². The van der Waals surface area contributed by atoms with Gasteiger partial charge in [0.25, 0.3) is 0 Å². The fraction of sp³-hybridized carbons (Fsp3) is 0.460. The van der Waals surface area contributed by atoms with Gasteiger partial charge in [0.1, 0.15) is 59.8 Å². The van der Waals surface area contributed by atoms with Gasteiger partial charge in [0.2, 0.25) is 47.3 Å². The molecule has 75 heavy (non-hydrogen) atoms. The largest absolute Gasteiger partial charge is 0.508 e. The van der Waals surface area contributed by atoms with Crippen molar-refractivity contribution in [3.05, 3.63) is 95.6 Å². The van der Waals surface area contributed by atoms with Crippen LogP contribution in [0.2, 0.25) is 0 Å². The van der Waals surface area contributed by atoms with Crippen molar-refractivity contribution in [1.82, 2.24) is 42.1 Å². The number of nitrogens with two attached hydrogens (primary N) is 2. The molecule has 0 saturated carbocycles. The van der Waals surface area contributed by atoms with Crippen LogP contribution >= 0.6 is 25.3 Å². The van der Waals surface area contributed by atoms with Gasteiger partial charge in [-0.25, -0.2) is 4.79 Å². The number of carboxylic acids is 1. The first-order valence-corrected chi connectivity index (χ1v) is 25.6. The normalized spacial score (nSPS) is 16.3. The molecule has 0 bridgehead atoms. The molecule has 0 aromatic heterocycles. The number of hydrogen-bond donors (Lipinski definition) is 15. The summed E-state index contributed by atoms with van der Waals surface area (Å²) in [6.45, 7) is 0.824. The topological polar surface area (TPSA) is 374 Å². The third-order valence-corrected chi connectivity index (χ3v) is 13.0. The average molecular weight is 1080 g/mol. The number of benzene rings is 3. The van der Waals surface area contributed by atoms with Crippen LogP contribution in [0.4, 0.5) is 0 Å². The molecular formula is C50H68N10O13S2. The Balaban J connectivity index is 1.50. The number of nitrogens with one attached hydrogen (secondary N) is 7. The van der Waals surface area contributed by atoms with E-state index < -0.39 is 114 Å². The second kappa shape index (κ2) is 30.4. The molecule has 9 atom stereocenters. The van der Waals surface area contributed by atoms with Gasteiger partial charge in [-0.1, -0.05) is 54.6 Å². The molecule has 1 heterocycles. The van der Waals surface area contributed by atoms with Gasteiger partial charge in [0.05, 0.1) is 12.6 Å². The number of aliphatic hydroxyl groups is 1. The van der Waals surface area contributed by atoms with Gasteiger partial charge in [-0.05, 0) is 86.5 Å². The Morgan fingerprint density at radius 2 is 1.05 bits per heavy atom. The Hall–Kier alpha value is -6.93. The number of amides is 8. The summed E-state index contributed by atoms with van der Waals surface area (Å²) in [5.41, 5.74) is 13.2. The van der Waals surface area contributed by atoms with E-state index in [-0.39, 0.29) is 61.8 Å². The maximum Gasteiger partial charge on any atom is 0.327 e. The molecule has 0 aliphatic carbocycles. The lowest BCUT2D eigenvalue weighted by Crippen LogP contribution is -2.61. The molecule has 0 spiro atoms. The fourth-order valence-corrected chi connectivity index (χ4v) is 8.39. The van der Waals surface area contributed by atoms with Gasteiger partial charge in [-0.15, -0.1) is 0 Å². The maximum atomic E-state index is 14.2. The van der Waals surface area contributed by atoms with Crippen molar-refractivity contribution in [2.75, 3.05) is 31.2 Å². The van der Waals surface area contributed by atoms with Crippen LogP contribution in [0.5, 0.6) is 11.5 Å². The van der Waals surface area contributed by atoms with Crippen LogP contribution in [-0.4, -0.2) is 164 Å². The van der Waals surface area contributed by atoms with Crippen LogP contribution in [0, 0.1) is 0 Å². The number of hydrogen-bond acceptors (Lipinski definition) is 16. The van der Waals surface area contributed by atoms with Crippen molar-refractivity contribution in [2.45, 2.75) is 113 Å². The van der Waals surface area contributed by atoms with Crippen LogP contribution in [-0.2, 0) is 62.4 Å². The molecule has 8 amide bonds. The zero-order valence-corrected chi connectivity index (χ0v) is 43.1. The highest BCUT2D eigenvalue weighted by Crippen LogP contribution is 2.20. The van der Waals surface area contributed by atoms with E-state index in [1.165, 1.54) is 48.2 Å². The summed E-state index contributed by atoms with van der Waals surface area (Å²) in [7, 11) is 0. The van der Waals surface area contributed by atoms with Crippen LogP contribution in [0.1, 0.15) is 55.7 Å². The Kier molecular flexibility index (Phi) is 24.6. The number of carbonyl (C=O) groups excluding carboxylic acids is 8. The number of thiol groups is 2. The molecule has 15 N–H and O–H groups in total. The summed E-state index contributed by atoms with van der Waals surface area (Å²) in [4.78, 5) is 123. The van der Waals surface area contributed by atoms with Crippen molar-refractivity contribution < 1.29 is 63.6 Å². The highest BCUT2D eigenvalue weighted by atomic mass is 32.1. The predicted molar refractivity (Wildman–Crippen MR) is 281 cm³/mol. The van der Waals surface area contributed by atoms with E-state index in [0.717, 1.165) is 0 Å². The van der Waals surface area contributed by atoms with Crippen LogP contribution in [0.15, 0.2) is 78.9 Å². The van der Waals surface area contributed by atoms with Crippen LogP contribution in [0.3, 0.4) is 0 Å². The minimum Gasteiger partial charge on any atom is -0.508 e. The first kappa shape index (κ1) is 60.6. The summed E-state index contributed by atoms with van der Waals surface area (Å²) >= 11 is 8.11. The molecule has 0 radical (unpaired) electrons. The lowest BCUT2D eigenvalue weighted by molar-refractivity contribution is -0.141. The van der Waals surface area contributed by atoms with Gasteiger partial charge in [0.15, 0.2) is 0 Å². The van der Waals surface area contributed by atoms with Crippen molar-refractivity contribution in [3.8, 4) is 11.5 Å². The number of unbranched alkanes of at least 4 members (excludes halogenated alkanes) is 1. The molecule has 23 nitrogen and oxygen atoms in total. The molecule has 1 aliphatic heterocycles. The van der Waals surface area contributed by atoms with E-state index in [4.69, 9.17) is 11.5 Å². The maximum absolute atomic E-state index is 14.2. The number of nitrogens with zero attached hydrogens (tertiary/aromatic N) is 1. The van der Waals surface area contributed by atoms with Gasteiger partial charge in [0, 0.05) is 37.3 Å². The number of phenolic OH excluding ortho intramolecular Hbond substituents is 2. The van der Waals surface area contributed by atoms with E-state index in [1.54, 1.807) is 42.5 Å². The standard InChI is InChI=1S/C50H68N10O13S2/c1-28(53-43(65)35(10-5-6-20-51)54-44(66)38(24-31-14-18-33(63)19-15-31)57-48(70)41-11-7-21-60(41)49(71)34(52)26-74)42(64)58-39(25-61)47(69)56-36(22-29-8-3-2-4-9-29)45(67)55-37(23-30-12-16-32(62)17-13-30)46(68)59-40(27-75)50(72)73/h2-4,8-9,12-19,28,34-41,61-63,74-75H,5-7,10-11,20-27,51-52H2,1H3,(H,53,65)(H,54,66)(H,55,67)(H,56,69)(H,57,70)(H,58,64)(H,59,68)(H,72,73)/t28-,34-,35-,36-,37-,38-,39-,40-,41-/m0/s1. The minimum absolute atomic E-state index is 0.0365. The zero-order chi connectivity index (χ0) is 55.2. The third kappa shape index (κ3) is 19.1. The van der Waals surface area contributed by atoms with E-state index >= 15 is 0 Å². The second-order valence-corrected chi connectivity index (χ2v) is 18.7. The number of carbonyl (C=O) groups is 9. The summed E-state index contributed by atoms with van der Waals surface area (Å²) in [6.07, 6.45) is 1.22. The second-order valence-electron chi connectivity index (χ2n) is 18.0. The average Bonchev–Trinajstić information content (AvgIpc) is 3.90. The number of carboxylic acid groups (broad SMARTS) is 1. The van der Waals surface area contributed by atoms with Crippen molar-refractivity contribution >= 4 is 78.5 Å².